The summed E-state index contributed by atoms with van der Waals surface area (Å²) in [5.74, 6) is 4.06. The third-order valence-corrected chi connectivity index (χ3v) is 4.26. The van der Waals surface area contributed by atoms with Crippen LogP contribution in [0.3, 0.4) is 0 Å². The van der Waals surface area contributed by atoms with Gasteiger partial charge in [0.1, 0.15) is 12.4 Å². The molecular formula is C12H14FNO4S. The molecule has 0 spiro atoms. The Morgan fingerprint density at radius 2 is 2.05 bits per heavy atom. The Labute approximate surface area is 111 Å². The quantitative estimate of drug-likeness (QED) is 0.751. The van der Waals surface area contributed by atoms with Crippen LogP contribution in [0, 0.1) is 17.7 Å². The van der Waals surface area contributed by atoms with Gasteiger partial charge in [0.15, 0.2) is 0 Å². The summed E-state index contributed by atoms with van der Waals surface area (Å²) in [4.78, 5) is -0.161. The summed E-state index contributed by atoms with van der Waals surface area (Å²) in [5, 5.41) is 17.4. The molecule has 0 aliphatic carbocycles. The average Bonchev–Trinajstić information content (AvgIpc) is 2.36. The van der Waals surface area contributed by atoms with Gasteiger partial charge in [0, 0.05) is 19.2 Å². The van der Waals surface area contributed by atoms with E-state index in [0.717, 1.165) is 22.5 Å². The Balaban J connectivity index is 3.33. The molecule has 0 saturated heterocycles. The molecule has 19 heavy (non-hydrogen) atoms. The first kappa shape index (κ1) is 15.6. The Morgan fingerprint density at radius 1 is 1.37 bits per heavy atom. The summed E-state index contributed by atoms with van der Waals surface area (Å²) in [6.07, 6.45) is 0. The van der Waals surface area contributed by atoms with Crippen molar-refractivity contribution in [2.45, 2.75) is 4.90 Å². The Bertz CT molecular complexity index is 604. The number of rotatable bonds is 4. The lowest BCUT2D eigenvalue weighted by Gasteiger charge is -2.16. The smallest absolute Gasteiger partial charge is 0.244 e. The van der Waals surface area contributed by atoms with E-state index in [1.54, 1.807) is 0 Å². The largest absolute Gasteiger partial charge is 0.395 e. The average molecular weight is 287 g/mol. The third-order valence-electron chi connectivity index (χ3n) is 2.35. The summed E-state index contributed by atoms with van der Waals surface area (Å²) >= 11 is 0. The maximum absolute atomic E-state index is 13.1. The van der Waals surface area contributed by atoms with Gasteiger partial charge in [-0.15, -0.1) is 0 Å². The molecule has 0 aromatic heterocycles. The molecule has 0 aliphatic heterocycles. The minimum Gasteiger partial charge on any atom is -0.395 e. The second kappa shape index (κ2) is 6.63. The number of nitrogens with zero attached hydrogens (tertiary/aromatic N) is 1. The topological polar surface area (TPSA) is 77.8 Å². The zero-order valence-corrected chi connectivity index (χ0v) is 11.1. The van der Waals surface area contributed by atoms with Crippen molar-refractivity contribution in [3.8, 4) is 11.8 Å². The van der Waals surface area contributed by atoms with Crippen LogP contribution < -0.4 is 0 Å². The number of halogens is 1. The van der Waals surface area contributed by atoms with Crippen LogP contribution in [0.15, 0.2) is 23.1 Å². The van der Waals surface area contributed by atoms with E-state index in [1.165, 1.54) is 7.05 Å². The second-order valence-corrected chi connectivity index (χ2v) is 5.66. The van der Waals surface area contributed by atoms with Crippen LogP contribution in [-0.2, 0) is 10.0 Å². The van der Waals surface area contributed by atoms with E-state index in [0.29, 0.717) is 0 Å². The number of aliphatic hydroxyl groups excluding tert-OH is 2. The minimum absolute atomic E-state index is 0.0289. The van der Waals surface area contributed by atoms with Gasteiger partial charge in [-0.05, 0) is 18.2 Å². The van der Waals surface area contributed by atoms with E-state index in [2.05, 4.69) is 11.8 Å². The zero-order chi connectivity index (χ0) is 14.5. The van der Waals surface area contributed by atoms with Crippen molar-refractivity contribution in [2.24, 2.45) is 0 Å². The van der Waals surface area contributed by atoms with E-state index in [4.69, 9.17) is 10.2 Å². The van der Waals surface area contributed by atoms with Crippen molar-refractivity contribution in [1.29, 1.82) is 0 Å². The van der Waals surface area contributed by atoms with Gasteiger partial charge in [-0.25, -0.2) is 12.8 Å². The van der Waals surface area contributed by atoms with Crippen LogP contribution in [0.5, 0.6) is 0 Å². The molecule has 0 heterocycles. The van der Waals surface area contributed by atoms with Gasteiger partial charge in [-0.1, -0.05) is 11.8 Å². The maximum atomic E-state index is 13.1. The molecule has 0 amide bonds. The van der Waals surface area contributed by atoms with Gasteiger partial charge in [0.25, 0.3) is 0 Å². The Hall–Kier alpha value is -1.46. The summed E-state index contributed by atoms with van der Waals surface area (Å²) in [7, 11) is -2.55. The van der Waals surface area contributed by atoms with E-state index in [1.807, 2.05) is 0 Å². The number of hydrogen-bond donors (Lipinski definition) is 2. The van der Waals surface area contributed by atoms with Crippen molar-refractivity contribution in [2.75, 3.05) is 26.8 Å². The maximum Gasteiger partial charge on any atom is 0.244 e. The van der Waals surface area contributed by atoms with Crippen molar-refractivity contribution in [3.05, 3.63) is 29.6 Å². The van der Waals surface area contributed by atoms with Crippen LogP contribution in [-0.4, -0.2) is 49.7 Å². The molecule has 0 fully saturated rings. The van der Waals surface area contributed by atoms with Crippen LogP contribution in [0.1, 0.15) is 5.56 Å². The first-order valence-electron chi connectivity index (χ1n) is 5.40. The number of hydrogen-bond acceptors (Lipinski definition) is 4. The summed E-state index contributed by atoms with van der Waals surface area (Å²) in [6, 6.07) is 3.12. The molecular weight excluding hydrogens is 273 g/mol. The molecule has 2 N–H and O–H groups in total. The monoisotopic (exact) mass is 287 g/mol. The highest BCUT2D eigenvalue weighted by molar-refractivity contribution is 7.89. The fourth-order valence-corrected chi connectivity index (χ4v) is 2.67. The van der Waals surface area contributed by atoms with Gasteiger partial charge in [0.05, 0.1) is 11.5 Å². The highest BCUT2D eigenvalue weighted by atomic mass is 32.2. The molecule has 7 heteroatoms. The van der Waals surface area contributed by atoms with E-state index in [-0.39, 0.29) is 23.6 Å². The molecule has 0 unspecified atom stereocenters. The number of sulfonamides is 1. The molecule has 0 atom stereocenters. The van der Waals surface area contributed by atoms with Crippen LogP contribution >= 0.6 is 0 Å². The summed E-state index contributed by atoms with van der Waals surface area (Å²) in [5.41, 5.74) is -0.0289. The molecule has 104 valence electrons. The number of benzene rings is 1. The van der Waals surface area contributed by atoms with Gasteiger partial charge in [-0.2, -0.15) is 4.31 Å². The normalized spacial score (nSPS) is 11.2. The fraction of sp³-hybridized carbons (Fsp3) is 0.333. The van der Waals surface area contributed by atoms with Crippen LogP contribution in [0.4, 0.5) is 4.39 Å². The molecule has 0 saturated carbocycles. The molecule has 1 rings (SSSR count). The molecule has 1 aromatic rings. The number of likely N-dealkylation sites (N-methyl/N-ethyl adjacent to an activating group) is 1. The lowest BCUT2D eigenvalue weighted by Crippen LogP contribution is -2.30. The molecule has 0 radical (unpaired) electrons. The number of aliphatic hydroxyl groups is 2. The predicted octanol–water partition coefficient (Wildman–Crippen LogP) is -0.218. The summed E-state index contributed by atoms with van der Waals surface area (Å²) in [6.45, 7) is -0.858. The second-order valence-electron chi connectivity index (χ2n) is 3.65. The lowest BCUT2D eigenvalue weighted by atomic mass is 10.2. The van der Waals surface area contributed by atoms with Crippen molar-refractivity contribution < 1.29 is 23.0 Å². The zero-order valence-electron chi connectivity index (χ0n) is 10.3. The first-order valence-corrected chi connectivity index (χ1v) is 6.84. The van der Waals surface area contributed by atoms with E-state index < -0.39 is 22.4 Å². The molecule has 5 nitrogen and oxygen atoms in total. The lowest BCUT2D eigenvalue weighted by molar-refractivity contribution is 0.266. The van der Waals surface area contributed by atoms with Gasteiger partial charge < -0.3 is 10.2 Å². The van der Waals surface area contributed by atoms with Gasteiger partial charge in [0.2, 0.25) is 10.0 Å². The van der Waals surface area contributed by atoms with Gasteiger partial charge in [-0.3, -0.25) is 0 Å². The Kier molecular flexibility index (Phi) is 5.44. The molecule has 1 aromatic carbocycles. The van der Waals surface area contributed by atoms with E-state index in [9.17, 15) is 12.8 Å². The highest BCUT2D eigenvalue weighted by Crippen LogP contribution is 2.19. The SMILES string of the molecule is CN(CCO)S(=O)(=O)c1ccc(F)cc1C#CCO. The standard InChI is InChI=1S/C12H14FNO4S/c1-14(6-8-16)19(17,18)12-5-4-11(13)9-10(12)3-2-7-15/h4-5,9,15-16H,6-8H2,1H3. The Morgan fingerprint density at radius 3 is 2.63 bits per heavy atom. The minimum atomic E-state index is -3.86. The molecule has 0 aliphatic rings. The third kappa shape index (κ3) is 3.75. The van der Waals surface area contributed by atoms with Crippen molar-refractivity contribution >= 4 is 10.0 Å². The highest BCUT2D eigenvalue weighted by Gasteiger charge is 2.23. The molecule has 0 bridgehead atoms. The van der Waals surface area contributed by atoms with Crippen LogP contribution in [0.2, 0.25) is 0 Å². The summed E-state index contributed by atoms with van der Waals surface area (Å²) < 4.78 is 38.4. The first-order chi connectivity index (χ1) is 8.93. The van der Waals surface area contributed by atoms with Crippen molar-refractivity contribution in [1.82, 2.24) is 4.31 Å². The fourth-order valence-electron chi connectivity index (χ4n) is 1.39. The van der Waals surface area contributed by atoms with Gasteiger partial charge >= 0.3 is 0 Å². The van der Waals surface area contributed by atoms with Crippen molar-refractivity contribution in [3.63, 3.8) is 0 Å². The predicted molar refractivity (Wildman–Crippen MR) is 67.3 cm³/mol. The van der Waals surface area contributed by atoms with Crippen LogP contribution in [0.25, 0.3) is 0 Å². The van der Waals surface area contributed by atoms with E-state index >= 15 is 0 Å².